The summed E-state index contributed by atoms with van der Waals surface area (Å²) in [6.07, 6.45) is 0. The maximum atomic E-state index is 12.9. The van der Waals surface area contributed by atoms with E-state index < -0.39 is 0 Å². The molecule has 154 valence electrons. The van der Waals surface area contributed by atoms with Gasteiger partial charge in [0.2, 0.25) is 5.91 Å². The Morgan fingerprint density at radius 1 is 1.00 bits per heavy atom. The number of aromatic nitrogens is 2. The fourth-order valence-corrected chi connectivity index (χ4v) is 3.86. The molecule has 6 nitrogen and oxygen atoms in total. The lowest BCUT2D eigenvalue weighted by atomic mass is 10.1. The van der Waals surface area contributed by atoms with Crippen LogP contribution in [0.15, 0.2) is 75.9 Å². The second-order valence-corrected chi connectivity index (χ2v) is 7.89. The van der Waals surface area contributed by atoms with Gasteiger partial charge in [0.1, 0.15) is 12.1 Å². The first-order valence-electron chi connectivity index (χ1n) is 10.2. The van der Waals surface area contributed by atoms with Gasteiger partial charge in [-0.2, -0.15) is 0 Å². The molecule has 31 heavy (non-hydrogen) atoms. The van der Waals surface area contributed by atoms with Crippen molar-refractivity contribution in [2.45, 2.75) is 26.3 Å². The van der Waals surface area contributed by atoms with E-state index in [1.807, 2.05) is 66.9 Å². The number of fused-ring (bicyclic) bond motifs is 3. The molecule has 2 aromatic heterocycles. The van der Waals surface area contributed by atoms with Gasteiger partial charge in [0.15, 0.2) is 16.9 Å². The van der Waals surface area contributed by atoms with E-state index in [9.17, 15) is 9.59 Å². The van der Waals surface area contributed by atoms with Crippen molar-refractivity contribution in [1.29, 1.82) is 0 Å². The Kier molecular flexibility index (Phi) is 4.55. The van der Waals surface area contributed by atoms with Crippen LogP contribution < -0.4 is 10.7 Å². The Morgan fingerprint density at radius 2 is 1.65 bits per heavy atom. The van der Waals surface area contributed by atoms with E-state index in [-0.39, 0.29) is 23.8 Å². The second-order valence-electron chi connectivity index (χ2n) is 7.89. The number of rotatable bonds is 4. The number of hydrogen-bond donors (Lipinski definition) is 1. The molecule has 5 aromatic rings. The molecule has 0 aliphatic rings. The average molecular weight is 411 g/mol. The molecule has 0 aliphatic carbocycles. The molecule has 6 heteroatoms. The Labute approximate surface area is 178 Å². The van der Waals surface area contributed by atoms with E-state index in [0.717, 1.165) is 11.0 Å². The van der Waals surface area contributed by atoms with Crippen molar-refractivity contribution >= 4 is 44.5 Å². The third-order valence-corrected chi connectivity index (χ3v) is 5.36. The van der Waals surface area contributed by atoms with Crippen LogP contribution in [0.5, 0.6) is 0 Å². The van der Waals surface area contributed by atoms with E-state index in [4.69, 9.17) is 4.42 Å². The molecule has 0 radical (unpaired) electrons. The summed E-state index contributed by atoms with van der Waals surface area (Å²) in [7, 11) is 0. The largest absolute Gasteiger partial charge is 0.440 e. The van der Waals surface area contributed by atoms with Crippen LogP contribution in [0.1, 0.15) is 25.7 Å². The number of pyridine rings is 1. The molecule has 3 aromatic carbocycles. The SMILES string of the molecule is CC(C)c1nc2cc(NC(=O)Cn3c4ccccc4c(=O)c4ccccc43)ccc2o1. The number of nitrogens with one attached hydrogen (secondary N) is 1. The summed E-state index contributed by atoms with van der Waals surface area (Å²) in [4.78, 5) is 30.3. The summed E-state index contributed by atoms with van der Waals surface area (Å²) in [6, 6.07) is 20.2. The highest BCUT2D eigenvalue weighted by Gasteiger charge is 2.14. The number of oxazole rings is 1. The summed E-state index contributed by atoms with van der Waals surface area (Å²) >= 11 is 0. The van der Waals surface area contributed by atoms with Crippen molar-refractivity contribution in [2.24, 2.45) is 0 Å². The lowest BCUT2D eigenvalue weighted by Gasteiger charge is -2.15. The normalized spacial score (nSPS) is 11.6. The monoisotopic (exact) mass is 411 g/mol. The molecule has 5 rings (SSSR count). The summed E-state index contributed by atoms with van der Waals surface area (Å²) in [5.41, 5.74) is 3.49. The molecule has 2 heterocycles. The first kappa shape index (κ1) is 19.1. The number of benzene rings is 3. The number of carbonyl (C=O) groups excluding carboxylic acids is 1. The quantitative estimate of drug-likeness (QED) is 0.420. The number of amides is 1. The van der Waals surface area contributed by atoms with E-state index in [2.05, 4.69) is 10.3 Å². The maximum absolute atomic E-state index is 12.9. The van der Waals surface area contributed by atoms with Crippen LogP contribution in [0, 0.1) is 0 Å². The van der Waals surface area contributed by atoms with Gasteiger partial charge in [0.05, 0.1) is 11.0 Å². The first-order chi connectivity index (χ1) is 15.0. The van der Waals surface area contributed by atoms with E-state index in [1.54, 1.807) is 18.2 Å². The molecular formula is C25H21N3O3. The van der Waals surface area contributed by atoms with Gasteiger partial charge >= 0.3 is 0 Å². The predicted molar refractivity (Wildman–Crippen MR) is 122 cm³/mol. The molecule has 0 bridgehead atoms. The molecule has 0 saturated heterocycles. The van der Waals surface area contributed by atoms with Gasteiger partial charge in [-0.05, 0) is 42.5 Å². The minimum Gasteiger partial charge on any atom is -0.440 e. The lowest BCUT2D eigenvalue weighted by molar-refractivity contribution is -0.116. The fraction of sp³-hybridized carbons (Fsp3) is 0.160. The number of anilines is 1. The van der Waals surface area contributed by atoms with Gasteiger partial charge in [-0.3, -0.25) is 9.59 Å². The summed E-state index contributed by atoms with van der Waals surface area (Å²) in [6.45, 7) is 4.12. The van der Waals surface area contributed by atoms with Crippen molar-refractivity contribution in [2.75, 3.05) is 5.32 Å². The van der Waals surface area contributed by atoms with E-state index in [0.29, 0.717) is 33.5 Å². The van der Waals surface area contributed by atoms with Crippen molar-refractivity contribution in [3.8, 4) is 0 Å². The average Bonchev–Trinajstić information content (AvgIpc) is 3.20. The number of carbonyl (C=O) groups is 1. The summed E-state index contributed by atoms with van der Waals surface area (Å²) in [5.74, 6) is 0.669. The van der Waals surface area contributed by atoms with Crippen molar-refractivity contribution in [1.82, 2.24) is 9.55 Å². The molecule has 0 saturated carbocycles. The van der Waals surface area contributed by atoms with Crippen LogP contribution >= 0.6 is 0 Å². The molecule has 0 atom stereocenters. The van der Waals surface area contributed by atoms with Crippen molar-refractivity contribution < 1.29 is 9.21 Å². The minimum absolute atomic E-state index is 0.0275. The predicted octanol–water partition coefficient (Wildman–Crippen LogP) is 5.06. The molecule has 0 fully saturated rings. The summed E-state index contributed by atoms with van der Waals surface area (Å²) in [5, 5.41) is 4.14. The molecule has 0 spiro atoms. The Bertz CT molecular complexity index is 1450. The lowest BCUT2D eigenvalue weighted by Crippen LogP contribution is -2.21. The van der Waals surface area contributed by atoms with Gasteiger partial charge in [0, 0.05) is 22.4 Å². The van der Waals surface area contributed by atoms with E-state index in [1.165, 1.54) is 0 Å². The van der Waals surface area contributed by atoms with Crippen molar-refractivity contribution in [3.63, 3.8) is 0 Å². The van der Waals surface area contributed by atoms with Gasteiger partial charge in [-0.1, -0.05) is 38.1 Å². The Balaban J connectivity index is 1.51. The third-order valence-electron chi connectivity index (χ3n) is 5.36. The van der Waals surface area contributed by atoms with Crippen LogP contribution in [-0.2, 0) is 11.3 Å². The Hall–Kier alpha value is -3.93. The highest BCUT2D eigenvalue weighted by molar-refractivity contribution is 5.97. The second kappa shape index (κ2) is 7.40. The van der Waals surface area contributed by atoms with Gasteiger partial charge in [-0.15, -0.1) is 0 Å². The highest BCUT2D eigenvalue weighted by Crippen LogP contribution is 2.24. The highest BCUT2D eigenvalue weighted by atomic mass is 16.3. The topological polar surface area (TPSA) is 77.1 Å². The number of para-hydroxylation sites is 2. The molecule has 1 N–H and O–H groups in total. The molecular weight excluding hydrogens is 390 g/mol. The minimum atomic E-state index is -0.189. The van der Waals surface area contributed by atoms with Gasteiger partial charge in [0.25, 0.3) is 0 Å². The summed E-state index contributed by atoms with van der Waals surface area (Å²) < 4.78 is 7.62. The van der Waals surface area contributed by atoms with Gasteiger partial charge in [-0.25, -0.2) is 4.98 Å². The zero-order valence-corrected chi connectivity index (χ0v) is 17.3. The van der Waals surface area contributed by atoms with Crippen LogP contribution in [0.3, 0.4) is 0 Å². The van der Waals surface area contributed by atoms with Crippen LogP contribution in [0.2, 0.25) is 0 Å². The number of hydrogen-bond acceptors (Lipinski definition) is 4. The van der Waals surface area contributed by atoms with E-state index >= 15 is 0 Å². The van der Waals surface area contributed by atoms with Gasteiger partial charge < -0.3 is 14.3 Å². The first-order valence-corrected chi connectivity index (χ1v) is 10.2. The third kappa shape index (κ3) is 3.36. The van der Waals surface area contributed by atoms with Crippen LogP contribution in [-0.4, -0.2) is 15.5 Å². The fourth-order valence-electron chi connectivity index (χ4n) is 3.86. The molecule has 0 aliphatic heterocycles. The van der Waals surface area contributed by atoms with Crippen LogP contribution in [0.4, 0.5) is 5.69 Å². The smallest absolute Gasteiger partial charge is 0.244 e. The standard InChI is InChI=1S/C25H21N3O3/c1-15(2)25-27-19-13-16(11-12-22(19)31-25)26-23(29)14-28-20-9-5-3-7-17(20)24(30)18-8-4-6-10-21(18)28/h3-13,15H,14H2,1-2H3,(H,26,29). The zero-order chi connectivity index (χ0) is 21.5. The molecule has 0 unspecified atom stereocenters. The Morgan fingerprint density at radius 3 is 2.29 bits per heavy atom. The molecule has 1 amide bonds. The zero-order valence-electron chi connectivity index (χ0n) is 17.3. The van der Waals surface area contributed by atoms with Crippen molar-refractivity contribution in [3.05, 3.63) is 82.8 Å². The number of nitrogens with zero attached hydrogens (tertiary/aromatic N) is 2. The maximum Gasteiger partial charge on any atom is 0.244 e. The van der Waals surface area contributed by atoms with Crippen LogP contribution in [0.25, 0.3) is 32.9 Å².